The molecule has 0 saturated carbocycles. The number of nitrogens with one attached hydrogen (secondary N) is 1. The van der Waals surface area contributed by atoms with Gasteiger partial charge in [-0.15, -0.1) is 0 Å². The van der Waals surface area contributed by atoms with E-state index < -0.39 is 0 Å². The molecule has 0 saturated heterocycles. The van der Waals surface area contributed by atoms with E-state index in [1.165, 1.54) is 11.3 Å². The molecule has 0 unspecified atom stereocenters. The van der Waals surface area contributed by atoms with Crippen molar-refractivity contribution >= 4 is 16.5 Å². The Morgan fingerprint density at radius 2 is 2.13 bits per heavy atom. The highest BCUT2D eigenvalue weighted by Crippen LogP contribution is 2.35. The summed E-state index contributed by atoms with van der Waals surface area (Å²) in [6, 6.07) is 5.82. The Labute approximate surface area is 90.3 Å². The van der Waals surface area contributed by atoms with Gasteiger partial charge in [-0.2, -0.15) is 0 Å². The van der Waals surface area contributed by atoms with Gasteiger partial charge in [-0.25, -0.2) is 4.98 Å². The molecular formula is C10H9N2O2S+. The minimum Gasteiger partial charge on any atom is -0.454 e. The average molecular weight is 221 g/mol. The standard InChI is InChI=1S/C10H8N2O2S/c11-10-12-7(4-15-10)6-1-2-8-9(3-6)14-5-13-8/h1-4H,5H2,(H2,11,12)/p+1. The summed E-state index contributed by atoms with van der Waals surface area (Å²) in [5.74, 6) is 1.58. The number of hydrogen-bond donors (Lipinski definition) is 1. The molecule has 5 heteroatoms. The van der Waals surface area contributed by atoms with Crippen molar-refractivity contribution in [2.45, 2.75) is 0 Å². The first-order valence-corrected chi connectivity index (χ1v) is 5.37. The van der Waals surface area contributed by atoms with Crippen molar-refractivity contribution in [1.82, 2.24) is 0 Å². The van der Waals surface area contributed by atoms with Crippen molar-refractivity contribution in [3.8, 4) is 22.8 Å². The van der Waals surface area contributed by atoms with Crippen LogP contribution in [0.2, 0.25) is 0 Å². The summed E-state index contributed by atoms with van der Waals surface area (Å²) in [4.78, 5) is 3.08. The largest absolute Gasteiger partial charge is 0.454 e. The van der Waals surface area contributed by atoms with Gasteiger partial charge in [0.15, 0.2) is 11.5 Å². The molecule has 0 aliphatic carbocycles. The Morgan fingerprint density at radius 1 is 1.27 bits per heavy atom. The molecule has 0 bridgehead atoms. The fraction of sp³-hybridized carbons (Fsp3) is 0.100. The van der Waals surface area contributed by atoms with E-state index in [2.05, 4.69) is 4.98 Å². The van der Waals surface area contributed by atoms with Gasteiger partial charge in [0, 0.05) is 10.9 Å². The van der Waals surface area contributed by atoms with Gasteiger partial charge in [-0.1, -0.05) is 11.3 Å². The number of anilines is 1. The van der Waals surface area contributed by atoms with E-state index in [0.717, 1.165) is 22.8 Å². The third kappa shape index (κ3) is 1.41. The number of aromatic amines is 1. The summed E-state index contributed by atoms with van der Waals surface area (Å²) in [5.41, 5.74) is 7.68. The number of aromatic nitrogens is 1. The normalized spacial score (nSPS) is 13.1. The van der Waals surface area contributed by atoms with Crippen molar-refractivity contribution < 1.29 is 14.5 Å². The van der Waals surface area contributed by atoms with Crippen LogP contribution in [0.15, 0.2) is 23.6 Å². The molecule has 0 spiro atoms. The summed E-state index contributed by atoms with van der Waals surface area (Å²) in [5, 5.41) is 2.68. The van der Waals surface area contributed by atoms with Gasteiger partial charge in [-0.3, -0.25) is 5.73 Å². The smallest absolute Gasteiger partial charge is 0.329 e. The molecule has 15 heavy (non-hydrogen) atoms. The summed E-state index contributed by atoms with van der Waals surface area (Å²) < 4.78 is 10.5. The first-order valence-electron chi connectivity index (χ1n) is 4.49. The highest BCUT2D eigenvalue weighted by molar-refractivity contribution is 7.13. The van der Waals surface area contributed by atoms with Crippen molar-refractivity contribution in [2.24, 2.45) is 0 Å². The number of hydrogen-bond acceptors (Lipinski definition) is 4. The Morgan fingerprint density at radius 3 is 2.93 bits per heavy atom. The predicted octanol–water partition coefficient (Wildman–Crippen LogP) is 1.54. The number of nitrogen functional groups attached to an aromatic ring is 1. The van der Waals surface area contributed by atoms with Crippen LogP contribution in [0.4, 0.5) is 5.13 Å². The van der Waals surface area contributed by atoms with E-state index in [1.807, 2.05) is 23.6 Å². The Hall–Kier alpha value is -1.75. The molecule has 3 rings (SSSR count). The van der Waals surface area contributed by atoms with Crippen molar-refractivity contribution in [2.75, 3.05) is 12.5 Å². The van der Waals surface area contributed by atoms with Crippen LogP contribution in [0, 0.1) is 0 Å². The molecule has 76 valence electrons. The quantitative estimate of drug-likeness (QED) is 0.794. The van der Waals surface area contributed by atoms with Gasteiger partial charge < -0.3 is 9.47 Å². The maximum Gasteiger partial charge on any atom is 0.329 e. The predicted molar refractivity (Wildman–Crippen MR) is 56.8 cm³/mol. The number of nitrogens with two attached hydrogens (primary N) is 1. The molecule has 1 aromatic carbocycles. The maximum absolute atomic E-state index is 5.64. The minimum absolute atomic E-state index is 0.300. The van der Waals surface area contributed by atoms with E-state index in [9.17, 15) is 0 Å². The van der Waals surface area contributed by atoms with Gasteiger partial charge in [0.05, 0.1) is 0 Å². The molecule has 1 aliphatic rings. The average Bonchev–Trinajstić information content (AvgIpc) is 2.84. The molecule has 0 radical (unpaired) electrons. The lowest BCUT2D eigenvalue weighted by Crippen LogP contribution is -2.06. The Balaban J connectivity index is 2.06. The Bertz CT molecular complexity index is 510. The molecule has 0 atom stereocenters. The summed E-state index contributed by atoms with van der Waals surface area (Å²) in [6.45, 7) is 0.300. The van der Waals surface area contributed by atoms with Crippen LogP contribution < -0.4 is 20.2 Å². The van der Waals surface area contributed by atoms with Crippen LogP contribution in [0.1, 0.15) is 0 Å². The molecule has 4 nitrogen and oxygen atoms in total. The molecule has 3 N–H and O–H groups in total. The lowest BCUT2D eigenvalue weighted by Gasteiger charge is -1.97. The van der Waals surface area contributed by atoms with Crippen LogP contribution in [0.5, 0.6) is 11.5 Å². The molecule has 1 aliphatic heterocycles. The number of fused-ring (bicyclic) bond motifs is 1. The van der Waals surface area contributed by atoms with Crippen LogP contribution in [0.25, 0.3) is 11.3 Å². The first-order chi connectivity index (χ1) is 7.33. The van der Waals surface area contributed by atoms with Gasteiger partial charge in [0.25, 0.3) is 0 Å². The summed E-state index contributed by atoms with van der Waals surface area (Å²) in [7, 11) is 0. The fourth-order valence-corrected chi connectivity index (χ4v) is 2.13. The monoisotopic (exact) mass is 221 g/mol. The highest BCUT2D eigenvalue weighted by Gasteiger charge is 2.15. The molecule has 2 heterocycles. The molecule has 0 amide bonds. The Kier molecular flexibility index (Phi) is 1.78. The third-order valence-corrected chi connectivity index (χ3v) is 2.95. The van der Waals surface area contributed by atoms with E-state index in [-0.39, 0.29) is 0 Å². The van der Waals surface area contributed by atoms with E-state index >= 15 is 0 Å². The van der Waals surface area contributed by atoms with Crippen molar-refractivity contribution in [1.29, 1.82) is 0 Å². The van der Waals surface area contributed by atoms with Gasteiger partial charge >= 0.3 is 5.13 Å². The van der Waals surface area contributed by atoms with Gasteiger partial charge in [0.2, 0.25) is 6.79 Å². The number of benzene rings is 1. The van der Waals surface area contributed by atoms with Crippen molar-refractivity contribution in [3.63, 3.8) is 0 Å². The van der Waals surface area contributed by atoms with Crippen LogP contribution >= 0.6 is 11.3 Å². The van der Waals surface area contributed by atoms with E-state index in [1.54, 1.807) is 0 Å². The lowest BCUT2D eigenvalue weighted by molar-refractivity contribution is -0.340. The zero-order valence-corrected chi connectivity index (χ0v) is 8.64. The second-order valence-electron chi connectivity index (χ2n) is 3.21. The zero-order chi connectivity index (χ0) is 10.3. The second kappa shape index (κ2) is 3.13. The van der Waals surface area contributed by atoms with E-state index in [0.29, 0.717) is 11.9 Å². The first kappa shape index (κ1) is 8.55. The number of thiazole rings is 1. The summed E-state index contributed by atoms with van der Waals surface area (Å²) >= 11 is 1.48. The minimum atomic E-state index is 0.300. The van der Waals surface area contributed by atoms with Crippen LogP contribution in [0.3, 0.4) is 0 Å². The second-order valence-corrected chi connectivity index (χ2v) is 4.12. The third-order valence-electron chi connectivity index (χ3n) is 2.25. The van der Waals surface area contributed by atoms with Gasteiger partial charge in [-0.05, 0) is 18.2 Å². The molecule has 2 aromatic rings. The molecule has 0 fully saturated rings. The molecule has 1 aromatic heterocycles. The number of ether oxygens (including phenoxy) is 2. The fourth-order valence-electron chi connectivity index (χ4n) is 1.52. The number of H-pyrrole nitrogens is 1. The molecular weight excluding hydrogens is 212 g/mol. The van der Waals surface area contributed by atoms with Crippen molar-refractivity contribution in [3.05, 3.63) is 23.6 Å². The maximum atomic E-state index is 5.64. The van der Waals surface area contributed by atoms with E-state index in [4.69, 9.17) is 15.2 Å². The lowest BCUT2D eigenvalue weighted by atomic mass is 10.1. The zero-order valence-electron chi connectivity index (χ0n) is 7.82. The topological polar surface area (TPSA) is 58.6 Å². The highest BCUT2D eigenvalue weighted by atomic mass is 32.1. The van der Waals surface area contributed by atoms with Crippen LogP contribution in [-0.2, 0) is 0 Å². The summed E-state index contributed by atoms with van der Waals surface area (Å²) in [6.07, 6.45) is 0. The SMILES string of the molecule is Nc1[nH+]c(-c2ccc3c(c2)OCO3)cs1. The van der Waals surface area contributed by atoms with Gasteiger partial charge in [0.1, 0.15) is 5.69 Å². The van der Waals surface area contributed by atoms with Crippen LogP contribution in [-0.4, -0.2) is 6.79 Å². The number of rotatable bonds is 1.